The first-order valence-corrected chi connectivity index (χ1v) is 10.0. The van der Waals surface area contributed by atoms with E-state index in [0.29, 0.717) is 11.0 Å². The van der Waals surface area contributed by atoms with Crippen molar-refractivity contribution < 1.29 is 33.1 Å². The molecular formula is C25H17NO7. The minimum absolute atomic E-state index is 0.0210. The van der Waals surface area contributed by atoms with E-state index < -0.39 is 29.5 Å². The summed E-state index contributed by atoms with van der Waals surface area (Å²) in [5, 5.41) is 11.5. The topological polar surface area (TPSA) is 110 Å². The Labute approximate surface area is 187 Å². The standard InChI is InChI=1S/C25H17NO7/c1-31-25(30)15-7-4-8-16(12-15)26-21(18-10-5-11-32-18)20(23(28)24(26)29)22(27)19-13-14-6-2-3-9-17(14)33-19/h2-13,21,28H,1H3. The van der Waals surface area contributed by atoms with Gasteiger partial charge >= 0.3 is 5.97 Å². The van der Waals surface area contributed by atoms with Gasteiger partial charge in [0.1, 0.15) is 17.4 Å². The molecule has 33 heavy (non-hydrogen) atoms. The number of ketones is 1. The summed E-state index contributed by atoms with van der Waals surface area (Å²) in [5.41, 5.74) is 0.806. The normalized spacial score (nSPS) is 16.0. The smallest absolute Gasteiger partial charge is 0.337 e. The van der Waals surface area contributed by atoms with Gasteiger partial charge < -0.3 is 18.7 Å². The number of rotatable bonds is 5. The van der Waals surface area contributed by atoms with E-state index in [4.69, 9.17) is 13.6 Å². The third-order valence-electron chi connectivity index (χ3n) is 5.46. The van der Waals surface area contributed by atoms with Crippen LogP contribution in [0, 0.1) is 0 Å². The molecule has 1 unspecified atom stereocenters. The summed E-state index contributed by atoms with van der Waals surface area (Å²) < 4.78 is 16.0. The monoisotopic (exact) mass is 443 g/mol. The van der Waals surface area contributed by atoms with E-state index in [1.165, 1.54) is 30.4 Å². The van der Waals surface area contributed by atoms with Crippen LogP contribution in [0.25, 0.3) is 11.0 Å². The molecule has 8 nitrogen and oxygen atoms in total. The van der Waals surface area contributed by atoms with Crippen molar-refractivity contribution in [3.63, 3.8) is 0 Å². The van der Waals surface area contributed by atoms with Gasteiger partial charge in [0.15, 0.2) is 11.5 Å². The molecule has 0 fully saturated rings. The van der Waals surface area contributed by atoms with Crippen LogP contribution in [0.5, 0.6) is 0 Å². The molecule has 0 spiro atoms. The van der Waals surface area contributed by atoms with Crippen molar-refractivity contribution in [1.82, 2.24) is 0 Å². The van der Waals surface area contributed by atoms with Gasteiger partial charge in [0.05, 0.1) is 24.5 Å². The third kappa shape index (κ3) is 3.28. The van der Waals surface area contributed by atoms with Gasteiger partial charge in [-0.3, -0.25) is 14.5 Å². The van der Waals surface area contributed by atoms with Crippen LogP contribution in [0.4, 0.5) is 5.69 Å². The molecule has 2 aromatic carbocycles. The second kappa shape index (κ2) is 7.83. The predicted octanol–water partition coefficient (Wildman–Crippen LogP) is 4.60. The van der Waals surface area contributed by atoms with Crippen LogP contribution in [-0.4, -0.2) is 29.9 Å². The molecule has 0 saturated carbocycles. The fourth-order valence-electron chi connectivity index (χ4n) is 3.95. The highest BCUT2D eigenvalue weighted by molar-refractivity contribution is 6.20. The second-order valence-corrected chi connectivity index (χ2v) is 7.37. The average Bonchev–Trinajstić information content (AvgIpc) is 3.57. The Morgan fingerprint density at radius 1 is 1.03 bits per heavy atom. The summed E-state index contributed by atoms with van der Waals surface area (Å²) >= 11 is 0. The van der Waals surface area contributed by atoms with Gasteiger partial charge in [-0.15, -0.1) is 0 Å². The lowest BCUT2D eigenvalue weighted by atomic mass is 9.99. The number of hydrogen-bond acceptors (Lipinski definition) is 7. The first-order valence-electron chi connectivity index (χ1n) is 10.0. The van der Waals surface area contributed by atoms with E-state index in [0.717, 1.165) is 0 Å². The number of methoxy groups -OCH3 is 1. The first-order chi connectivity index (χ1) is 16.0. The molecular weight excluding hydrogens is 426 g/mol. The predicted molar refractivity (Wildman–Crippen MR) is 117 cm³/mol. The maximum Gasteiger partial charge on any atom is 0.337 e. The lowest BCUT2D eigenvalue weighted by molar-refractivity contribution is -0.117. The van der Waals surface area contributed by atoms with Crippen LogP contribution in [0.15, 0.2) is 93.2 Å². The number of carbonyl (C=O) groups is 3. The third-order valence-corrected chi connectivity index (χ3v) is 5.46. The van der Waals surface area contributed by atoms with Crippen LogP contribution in [0.1, 0.15) is 32.7 Å². The number of carbonyl (C=O) groups excluding carboxylic acids is 3. The lowest BCUT2D eigenvalue weighted by Crippen LogP contribution is -2.31. The van der Waals surface area contributed by atoms with Gasteiger partial charge in [0.2, 0.25) is 5.78 Å². The minimum Gasteiger partial charge on any atom is -0.503 e. The van der Waals surface area contributed by atoms with Crippen molar-refractivity contribution in [2.75, 3.05) is 12.0 Å². The summed E-state index contributed by atoms with van der Waals surface area (Å²) in [6.07, 6.45) is 1.40. The number of nitrogens with zero attached hydrogens (tertiary/aromatic N) is 1. The molecule has 0 bridgehead atoms. The highest BCUT2D eigenvalue weighted by Gasteiger charge is 2.46. The zero-order valence-corrected chi connectivity index (χ0v) is 17.3. The Hall–Kier alpha value is -4.59. The van der Waals surface area contributed by atoms with Crippen LogP contribution in [-0.2, 0) is 9.53 Å². The Morgan fingerprint density at radius 3 is 2.58 bits per heavy atom. The second-order valence-electron chi connectivity index (χ2n) is 7.37. The van der Waals surface area contributed by atoms with Gasteiger partial charge in [-0.05, 0) is 42.5 Å². The number of fused-ring (bicyclic) bond motifs is 1. The summed E-state index contributed by atoms with van der Waals surface area (Å²) in [7, 11) is 1.25. The summed E-state index contributed by atoms with van der Waals surface area (Å²) in [6.45, 7) is 0. The maximum absolute atomic E-state index is 13.5. The van der Waals surface area contributed by atoms with E-state index >= 15 is 0 Å². The molecule has 1 atom stereocenters. The van der Waals surface area contributed by atoms with E-state index in [1.807, 2.05) is 6.07 Å². The number of anilines is 1. The van der Waals surface area contributed by atoms with Gasteiger partial charge in [-0.25, -0.2) is 4.79 Å². The van der Waals surface area contributed by atoms with E-state index in [-0.39, 0.29) is 28.3 Å². The van der Waals surface area contributed by atoms with Gasteiger partial charge in [-0.2, -0.15) is 0 Å². The number of benzene rings is 2. The highest BCUT2D eigenvalue weighted by Crippen LogP contribution is 2.42. The van der Waals surface area contributed by atoms with E-state index in [2.05, 4.69) is 0 Å². The Balaban J connectivity index is 1.63. The maximum atomic E-state index is 13.5. The zero-order valence-electron chi connectivity index (χ0n) is 17.3. The van der Waals surface area contributed by atoms with Gasteiger partial charge in [0, 0.05) is 11.1 Å². The molecule has 1 aliphatic heterocycles. The molecule has 0 radical (unpaired) electrons. The molecule has 2 aromatic heterocycles. The number of furan rings is 2. The number of esters is 1. The first kappa shape index (κ1) is 20.3. The molecule has 1 amide bonds. The van der Waals surface area contributed by atoms with E-state index in [9.17, 15) is 19.5 Å². The number of hydrogen-bond donors (Lipinski definition) is 1. The highest BCUT2D eigenvalue weighted by atomic mass is 16.5. The Morgan fingerprint density at radius 2 is 1.85 bits per heavy atom. The minimum atomic E-state index is -1.07. The molecule has 0 saturated heterocycles. The molecule has 8 heteroatoms. The molecule has 0 aliphatic carbocycles. The van der Waals surface area contributed by atoms with Crippen molar-refractivity contribution in [2.45, 2.75) is 6.04 Å². The number of amides is 1. The molecule has 1 N–H and O–H groups in total. The number of Topliss-reactive ketones (excluding diaryl/α,β-unsaturated/α-hetero) is 1. The number of para-hydroxylation sites is 1. The van der Waals surface area contributed by atoms with Crippen LogP contribution in [0.3, 0.4) is 0 Å². The van der Waals surface area contributed by atoms with Crippen LogP contribution < -0.4 is 4.90 Å². The Bertz CT molecular complexity index is 1400. The summed E-state index contributed by atoms with van der Waals surface area (Å²) in [6, 6.07) is 16.9. The number of ether oxygens (including phenoxy) is 1. The quantitative estimate of drug-likeness (QED) is 0.355. The van der Waals surface area contributed by atoms with Crippen molar-refractivity contribution in [3.8, 4) is 0 Å². The molecule has 1 aliphatic rings. The molecule has 5 rings (SSSR count). The SMILES string of the molecule is COC(=O)c1cccc(N2C(=O)C(O)=C(C(=O)c3cc4ccccc4o3)C2c2ccco2)c1. The summed E-state index contributed by atoms with van der Waals surface area (Å²) in [5.74, 6) is -2.52. The van der Waals surface area contributed by atoms with Gasteiger partial charge in [0.25, 0.3) is 5.91 Å². The summed E-state index contributed by atoms with van der Waals surface area (Å²) in [4.78, 5) is 39.8. The molecule has 164 valence electrons. The van der Waals surface area contributed by atoms with Crippen molar-refractivity contribution in [3.05, 3.63) is 101 Å². The molecule has 3 heterocycles. The van der Waals surface area contributed by atoms with Gasteiger partial charge in [-0.1, -0.05) is 24.3 Å². The average molecular weight is 443 g/mol. The van der Waals surface area contributed by atoms with E-state index in [1.54, 1.807) is 48.5 Å². The number of aliphatic hydroxyl groups excluding tert-OH is 1. The lowest BCUT2D eigenvalue weighted by Gasteiger charge is -2.25. The van der Waals surface area contributed by atoms with Crippen molar-refractivity contribution >= 4 is 34.3 Å². The zero-order chi connectivity index (χ0) is 23.1. The fourth-order valence-corrected chi connectivity index (χ4v) is 3.95. The number of aliphatic hydroxyl groups is 1. The van der Waals surface area contributed by atoms with Crippen molar-refractivity contribution in [1.29, 1.82) is 0 Å². The van der Waals surface area contributed by atoms with Crippen LogP contribution in [0.2, 0.25) is 0 Å². The Kier molecular flexibility index (Phi) is 4.82. The fraction of sp³-hybridized carbons (Fsp3) is 0.0800. The molecule has 4 aromatic rings. The largest absolute Gasteiger partial charge is 0.503 e. The van der Waals surface area contributed by atoms with Crippen LogP contribution >= 0.6 is 0 Å². The van der Waals surface area contributed by atoms with Crippen molar-refractivity contribution in [2.24, 2.45) is 0 Å².